The molecule has 3 aromatic rings. The summed E-state index contributed by atoms with van der Waals surface area (Å²) in [6.45, 7) is 8.21. The van der Waals surface area contributed by atoms with Crippen LogP contribution >= 0.6 is 0 Å². The summed E-state index contributed by atoms with van der Waals surface area (Å²) in [7, 11) is 0. The van der Waals surface area contributed by atoms with Gasteiger partial charge in [-0.15, -0.1) is 0 Å². The van der Waals surface area contributed by atoms with Crippen molar-refractivity contribution in [2.45, 2.75) is 58.8 Å². The predicted octanol–water partition coefficient (Wildman–Crippen LogP) is 1.40. The van der Waals surface area contributed by atoms with Crippen LogP contribution in [-0.4, -0.2) is 122 Å². The van der Waals surface area contributed by atoms with E-state index in [9.17, 15) is 40.2 Å². The molecule has 0 bridgehead atoms. The molecule has 1 aliphatic heterocycles. The van der Waals surface area contributed by atoms with E-state index in [1.54, 1.807) is 12.1 Å². The monoisotopic (exact) mass is 693 g/mol. The molecule has 0 saturated carbocycles. The van der Waals surface area contributed by atoms with Gasteiger partial charge in [-0.2, -0.15) is 0 Å². The van der Waals surface area contributed by atoms with E-state index in [0.717, 1.165) is 43.6 Å². The van der Waals surface area contributed by atoms with E-state index in [-0.39, 0.29) is 22.6 Å². The van der Waals surface area contributed by atoms with Crippen LogP contribution in [0.5, 0.6) is 11.5 Å². The van der Waals surface area contributed by atoms with Crippen molar-refractivity contribution in [2.24, 2.45) is 0 Å². The Labute approximate surface area is 293 Å². The lowest BCUT2D eigenvalue weighted by Crippen LogP contribution is -2.38. The van der Waals surface area contributed by atoms with Gasteiger partial charge in [0.1, 0.15) is 24.0 Å². The molecule has 2 unspecified atom stereocenters. The Hall–Kier alpha value is -4.08. The lowest BCUT2D eigenvalue weighted by molar-refractivity contribution is 0.0540. The third-order valence-electron chi connectivity index (χ3n) is 8.76. The van der Waals surface area contributed by atoms with Gasteiger partial charge in [0.2, 0.25) is 0 Å². The Bertz CT molecular complexity index is 1480. The Balaban J connectivity index is 1.59. The highest BCUT2D eigenvalue weighted by Crippen LogP contribution is 2.28. The molecule has 50 heavy (non-hydrogen) atoms. The van der Waals surface area contributed by atoms with Gasteiger partial charge in [-0.1, -0.05) is 42.5 Å². The van der Waals surface area contributed by atoms with Crippen LogP contribution in [-0.2, 0) is 19.6 Å². The van der Waals surface area contributed by atoms with Gasteiger partial charge in [0.15, 0.2) is 0 Å². The molecule has 13 heteroatoms. The number of hydrogen-bond donors (Lipinski definition) is 8. The van der Waals surface area contributed by atoms with Crippen LogP contribution in [0.1, 0.15) is 61.4 Å². The maximum atomic E-state index is 12.8. The largest absolute Gasteiger partial charge is 0.507 e. The number of nitrogens with one attached hydrogen (secondary N) is 2. The molecule has 8 N–H and O–H groups in total. The van der Waals surface area contributed by atoms with E-state index >= 15 is 0 Å². The molecule has 1 fully saturated rings. The summed E-state index contributed by atoms with van der Waals surface area (Å²) in [4.78, 5) is 32.5. The minimum atomic E-state index is -1.45. The third kappa shape index (κ3) is 11.2. The average Bonchev–Trinajstić information content (AvgIpc) is 3.13. The number of rotatable bonds is 12. The number of carbonyl (C=O) groups is 2. The molecule has 0 aliphatic carbocycles. The molecule has 4 rings (SSSR count). The normalized spacial score (nSPS) is 16.7. The minimum Gasteiger partial charge on any atom is -0.507 e. The number of aromatic hydroxyl groups is 2. The smallest absolute Gasteiger partial charge is 0.257 e. The van der Waals surface area contributed by atoms with Gasteiger partial charge in [-0.25, -0.2) is 0 Å². The maximum Gasteiger partial charge on any atom is 0.257 e. The predicted molar refractivity (Wildman–Crippen MR) is 188 cm³/mol. The van der Waals surface area contributed by atoms with Crippen LogP contribution in [0, 0.1) is 13.8 Å². The molecule has 2 amide bonds. The first-order valence-corrected chi connectivity index (χ1v) is 17.0. The first-order valence-electron chi connectivity index (χ1n) is 17.0. The fourth-order valence-corrected chi connectivity index (χ4v) is 6.30. The van der Waals surface area contributed by atoms with Gasteiger partial charge in [-0.05, 0) is 81.7 Å². The number of benzene rings is 3. The van der Waals surface area contributed by atoms with Gasteiger partial charge in [0.25, 0.3) is 11.8 Å². The van der Waals surface area contributed by atoms with Crippen molar-refractivity contribution >= 4 is 11.8 Å². The number of aryl methyl sites for hydroxylation is 2. The van der Waals surface area contributed by atoms with Crippen molar-refractivity contribution < 1.29 is 40.2 Å². The zero-order valence-corrected chi connectivity index (χ0v) is 28.9. The number of carbonyl (C=O) groups excluding carboxylic acids is 2. The van der Waals surface area contributed by atoms with Crippen molar-refractivity contribution in [3.05, 3.63) is 93.5 Å². The number of aliphatic hydroxyl groups is 4. The van der Waals surface area contributed by atoms with E-state index in [2.05, 4.69) is 37.5 Å². The quantitative estimate of drug-likeness (QED) is 0.128. The topological polar surface area (TPSA) is 189 Å². The molecule has 3 aromatic carbocycles. The zero-order valence-electron chi connectivity index (χ0n) is 28.9. The standard InChI is InChI=1S/C37H51N5O8/c1-25-16-28(34(47)30(18-25)36(49)38-32(45)23-43)21-41-12-6-10-40(20-27-8-4-3-5-9-27)11-7-13-42(15-14-41)22-29-17-26(2)19-31(35(29)48)37(50)39-33(46)24-44/h3-5,8-9,16-19,32-33,43-48H,6-7,10-15,20-24H2,1-2H3,(H,38,49)(H,39,50). The Morgan fingerprint density at radius 1 is 0.640 bits per heavy atom. The van der Waals surface area contributed by atoms with E-state index < -0.39 is 37.5 Å². The summed E-state index contributed by atoms with van der Waals surface area (Å²) in [6.07, 6.45) is -1.17. The Morgan fingerprint density at radius 3 is 1.44 bits per heavy atom. The molecule has 0 radical (unpaired) electrons. The van der Waals surface area contributed by atoms with Crippen LogP contribution in [0.2, 0.25) is 0 Å². The molecular weight excluding hydrogens is 642 g/mol. The van der Waals surface area contributed by atoms with Crippen LogP contribution in [0.15, 0.2) is 54.6 Å². The second-order valence-corrected chi connectivity index (χ2v) is 13.0. The molecule has 1 aliphatic rings. The first-order chi connectivity index (χ1) is 24.0. The maximum absolute atomic E-state index is 12.8. The Morgan fingerprint density at radius 2 is 1.04 bits per heavy atom. The summed E-state index contributed by atoms with van der Waals surface area (Å²) in [5.41, 5.74) is 3.90. The summed E-state index contributed by atoms with van der Waals surface area (Å²) in [6, 6.07) is 17.1. The summed E-state index contributed by atoms with van der Waals surface area (Å²) in [5.74, 6) is -1.74. The number of phenols is 2. The number of nitrogens with zero attached hydrogens (tertiary/aromatic N) is 3. The van der Waals surface area contributed by atoms with Crippen molar-refractivity contribution in [2.75, 3.05) is 52.5 Å². The van der Waals surface area contributed by atoms with E-state index in [0.29, 0.717) is 50.4 Å². The highest BCUT2D eigenvalue weighted by Gasteiger charge is 2.23. The Kier molecular flexibility index (Phi) is 14.5. The summed E-state index contributed by atoms with van der Waals surface area (Å²) < 4.78 is 0. The van der Waals surface area contributed by atoms with Crippen LogP contribution in [0.4, 0.5) is 0 Å². The van der Waals surface area contributed by atoms with E-state index in [1.165, 1.54) is 5.56 Å². The average molecular weight is 694 g/mol. The fraction of sp³-hybridized carbons (Fsp3) is 0.459. The summed E-state index contributed by atoms with van der Waals surface area (Å²) >= 11 is 0. The second-order valence-electron chi connectivity index (χ2n) is 13.0. The SMILES string of the molecule is Cc1cc(CN2CCCN(Cc3ccccc3)CCCN(Cc3cc(C)cc(C(=O)NC(O)CO)c3O)CC2)c(O)c(C(=O)NC(O)CO)c1. The second kappa shape index (κ2) is 18.8. The van der Waals surface area contributed by atoms with E-state index in [1.807, 2.05) is 44.2 Å². The van der Waals surface area contributed by atoms with Gasteiger partial charge in [-0.3, -0.25) is 24.3 Å². The molecule has 13 nitrogen and oxygen atoms in total. The van der Waals surface area contributed by atoms with Crippen molar-refractivity contribution in [1.82, 2.24) is 25.3 Å². The van der Waals surface area contributed by atoms with E-state index in [4.69, 9.17) is 0 Å². The number of aliphatic hydroxyl groups excluding tert-OH is 4. The van der Waals surface area contributed by atoms with Gasteiger partial charge >= 0.3 is 0 Å². The number of hydrogen-bond acceptors (Lipinski definition) is 11. The molecule has 2 atom stereocenters. The molecule has 0 aromatic heterocycles. The summed E-state index contributed by atoms with van der Waals surface area (Å²) in [5, 5.41) is 64.7. The van der Waals surface area contributed by atoms with Gasteiger partial charge in [0.05, 0.1) is 24.3 Å². The van der Waals surface area contributed by atoms with Crippen molar-refractivity contribution in [3.63, 3.8) is 0 Å². The van der Waals surface area contributed by atoms with Crippen molar-refractivity contribution in [1.29, 1.82) is 0 Å². The van der Waals surface area contributed by atoms with Gasteiger partial charge < -0.3 is 41.3 Å². The van der Waals surface area contributed by atoms with Crippen LogP contribution in [0.25, 0.3) is 0 Å². The molecule has 1 saturated heterocycles. The molecule has 272 valence electrons. The number of phenolic OH excluding ortho intramolecular Hbond substituents is 2. The third-order valence-corrected chi connectivity index (χ3v) is 8.76. The molecular formula is C37H51N5O8. The lowest BCUT2D eigenvalue weighted by Gasteiger charge is -2.28. The highest BCUT2D eigenvalue weighted by atomic mass is 16.3. The molecule has 1 heterocycles. The minimum absolute atomic E-state index is 0.0160. The van der Waals surface area contributed by atoms with Crippen LogP contribution < -0.4 is 10.6 Å². The highest BCUT2D eigenvalue weighted by molar-refractivity contribution is 5.98. The van der Waals surface area contributed by atoms with Crippen molar-refractivity contribution in [3.8, 4) is 11.5 Å². The first kappa shape index (κ1) is 38.7. The molecule has 0 spiro atoms. The number of amides is 2. The van der Waals surface area contributed by atoms with Gasteiger partial charge in [0, 0.05) is 43.9 Å². The lowest BCUT2D eigenvalue weighted by atomic mass is 10.0. The zero-order chi connectivity index (χ0) is 36.2. The van der Waals surface area contributed by atoms with Crippen LogP contribution in [0.3, 0.4) is 0 Å². The fourth-order valence-electron chi connectivity index (χ4n) is 6.30.